The van der Waals surface area contributed by atoms with Crippen LogP contribution in [0.4, 0.5) is 5.69 Å². The molecule has 1 aromatic carbocycles. The zero-order chi connectivity index (χ0) is 13.1. The van der Waals surface area contributed by atoms with Gasteiger partial charge in [-0.25, -0.2) is 4.98 Å². The Kier molecular flexibility index (Phi) is 3.84. The van der Waals surface area contributed by atoms with Crippen molar-refractivity contribution in [2.75, 3.05) is 5.32 Å². The summed E-state index contributed by atoms with van der Waals surface area (Å²) in [4.78, 5) is 15.9. The first-order valence-corrected chi connectivity index (χ1v) is 6.15. The van der Waals surface area contributed by atoms with E-state index in [2.05, 4.69) is 26.2 Å². The van der Waals surface area contributed by atoms with Crippen LogP contribution >= 0.6 is 27.5 Å². The van der Waals surface area contributed by atoms with Gasteiger partial charge >= 0.3 is 0 Å². The SMILES string of the molecule is O=C(Nc1cccnc1Br)c1ccc(O)c(Cl)c1. The Morgan fingerprint density at radius 3 is 2.83 bits per heavy atom. The average Bonchev–Trinajstić information content (AvgIpc) is 2.35. The first-order chi connectivity index (χ1) is 8.58. The molecule has 92 valence electrons. The standard InChI is InChI=1S/C12H8BrClN2O2/c13-11-9(2-1-5-15-11)16-12(18)7-3-4-10(17)8(14)6-7/h1-6,17H,(H,16,18). The summed E-state index contributed by atoms with van der Waals surface area (Å²) in [6.45, 7) is 0. The van der Waals surface area contributed by atoms with Crippen LogP contribution < -0.4 is 5.32 Å². The van der Waals surface area contributed by atoms with Crippen LogP contribution in [0, 0.1) is 0 Å². The molecule has 4 nitrogen and oxygen atoms in total. The molecule has 0 saturated heterocycles. The zero-order valence-corrected chi connectivity index (χ0v) is 11.4. The number of aromatic hydroxyl groups is 1. The third-order valence-electron chi connectivity index (χ3n) is 2.22. The van der Waals surface area contributed by atoms with E-state index in [1.54, 1.807) is 18.3 Å². The number of hydrogen-bond donors (Lipinski definition) is 2. The molecule has 0 aliphatic heterocycles. The smallest absolute Gasteiger partial charge is 0.255 e. The van der Waals surface area contributed by atoms with Crippen LogP contribution in [0.5, 0.6) is 5.75 Å². The highest BCUT2D eigenvalue weighted by molar-refractivity contribution is 9.10. The van der Waals surface area contributed by atoms with Crippen LogP contribution in [0.25, 0.3) is 0 Å². The first-order valence-electron chi connectivity index (χ1n) is 4.98. The number of halogens is 2. The van der Waals surface area contributed by atoms with E-state index in [0.29, 0.717) is 15.9 Å². The summed E-state index contributed by atoms with van der Waals surface area (Å²) in [6.07, 6.45) is 1.61. The van der Waals surface area contributed by atoms with Crippen LogP contribution in [0.3, 0.4) is 0 Å². The number of phenolic OH excluding ortho intramolecular Hbond substituents is 1. The van der Waals surface area contributed by atoms with Gasteiger partial charge in [0.05, 0.1) is 10.7 Å². The van der Waals surface area contributed by atoms with Crippen molar-refractivity contribution in [3.63, 3.8) is 0 Å². The molecule has 0 atom stereocenters. The summed E-state index contributed by atoms with van der Waals surface area (Å²) in [6, 6.07) is 7.69. The molecule has 1 aromatic heterocycles. The average molecular weight is 328 g/mol. The second kappa shape index (κ2) is 5.37. The van der Waals surface area contributed by atoms with E-state index in [0.717, 1.165) is 0 Å². The van der Waals surface area contributed by atoms with E-state index < -0.39 is 0 Å². The number of carbonyl (C=O) groups is 1. The van der Waals surface area contributed by atoms with Gasteiger partial charge in [0.1, 0.15) is 10.4 Å². The third-order valence-corrected chi connectivity index (χ3v) is 3.15. The lowest BCUT2D eigenvalue weighted by Crippen LogP contribution is -2.12. The highest BCUT2D eigenvalue weighted by atomic mass is 79.9. The number of phenols is 1. The minimum absolute atomic E-state index is 0.0595. The predicted molar refractivity (Wildman–Crippen MR) is 73.0 cm³/mol. The van der Waals surface area contributed by atoms with Gasteiger partial charge in [0.15, 0.2) is 0 Å². The quantitative estimate of drug-likeness (QED) is 0.830. The first kappa shape index (κ1) is 12.9. The number of amides is 1. The lowest BCUT2D eigenvalue weighted by molar-refractivity contribution is 0.102. The monoisotopic (exact) mass is 326 g/mol. The highest BCUT2D eigenvalue weighted by Crippen LogP contribution is 2.25. The predicted octanol–water partition coefficient (Wildman–Crippen LogP) is 3.46. The maximum atomic E-state index is 11.9. The summed E-state index contributed by atoms with van der Waals surface area (Å²) < 4.78 is 0.545. The van der Waals surface area contributed by atoms with E-state index >= 15 is 0 Å². The van der Waals surface area contributed by atoms with E-state index in [1.165, 1.54) is 18.2 Å². The molecular formula is C12H8BrClN2O2. The summed E-state index contributed by atoms with van der Waals surface area (Å²) in [5.41, 5.74) is 0.917. The molecule has 0 spiro atoms. The van der Waals surface area contributed by atoms with Crippen molar-refractivity contribution in [3.8, 4) is 5.75 Å². The number of nitrogens with zero attached hydrogens (tertiary/aromatic N) is 1. The number of hydrogen-bond acceptors (Lipinski definition) is 3. The fraction of sp³-hybridized carbons (Fsp3) is 0. The molecule has 2 aromatic rings. The minimum atomic E-state index is -0.328. The maximum absolute atomic E-state index is 11.9. The Hall–Kier alpha value is -1.59. The largest absolute Gasteiger partial charge is 0.506 e. The molecule has 1 amide bonds. The van der Waals surface area contributed by atoms with Crippen molar-refractivity contribution in [3.05, 3.63) is 51.7 Å². The molecule has 0 bridgehead atoms. The second-order valence-corrected chi connectivity index (χ2v) is 4.62. The van der Waals surface area contributed by atoms with Gasteiger partial charge in [-0.15, -0.1) is 0 Å². The number of benzene rings is 1. The Balaban J connectivity index is 2.22. The molecule has 2 rings (SSSR count). The molecule has 0 fully saturated rings. The Labute approximate surface area is 117 Å². The van der Waals surface area contributed by atoms with Gasteiger partial charge < -0.3 is 10.4 Å². The Morgan fingerprint density at radius 1 is 1.39 bits per heavy atom. The molecular weight excluding hydrogens is 320 g/mol. The van der Waals surface area contributed by atoms with Crippen molar-refractivity contribution in [2.45, 2.75) is 0 Å². The number of nitrogens with one attached hydrogen (secondary N) is 1. The normalized spacial score (nSPS) is 10.1. The zero-order valence-electron chi connectivity index (χ0n) is 9.02. The fourth-order valence-corrected chi connectivity index (χ4v) is 1.85. The number of pyridine rings is 1. The molecule has 18 heavy (non-hydrogen) atoms. The summed E-state index contributed by atoms with van der Waals surface area (Å²) >= 11 is 8.97. The molecule has 0 saturated carbocycles. The number of anilines is 1. The molecule has 0 unspecified atom stereocenters. The van der Waals surface area contributed by atoms with Gasteiger partial charge in [0.2, 0.25) is 0 Å². The van der Waals surface area contributed by atoms with Crippen molar-refractivity contribution < 1.29 is 9.90 Å². The van der Waals surface area contributed by atoms with E-state index in [4.69, 9.17) is 11.6 Å². The molecule has 6 heteroatoms. The van der Waals surface area contributed by atoms with E-state index in [9.17, 15) is 9.90 Å². The lowest BCUT2D eigenvalue weighted by atomic mass is 10.2. The van der Waals surface area contributed by atoms with Crippen molar-refractivity contribution >= 4 is 39.1 Å². The second-order valence-electron chi connectivity index (χ2n) is 3.46. The minimum Gasteiger partial charge on any atom is -0.506 e. The van der Waals surface area contributed by atoms with Gasteiger partial charge in [-0.1, -0.05) is 11.6 Å². The van der Waals surface area contributed by atoms with Crippen molar-refractivity contribution in [1.29, 1.82) is 0 Å². The topological polar surface area (TPSA) is 62.2 Å². The summed E-state index contributed by atoms with van der Waals surface area (Å²) in [7, 11) is 0. The van der Waals surface area contributed by atoms with Crippen LogP contribution in [-0.4, -0.2) is 16.0 Å². The maximum Gasteiger partial charge on any atom is 0.255 e. The van der Waals surface area contributed by atoms with Gasteiger partial charge in [0.25, 0.3) is 5.91 Å². The lowest BCUT2D eigenvalue weighted by Gasteiger charge is -2.07. The molecule has 2 N–H and O–H groups in total. The Bertz CT molecular complexity index is 604. The van der Waals surface area contributed by atoms with Gasteiger partial charge in [-0.05, 0) is 46.3 Å². The highest BCUT2D eigenvalue weighted by Gasteiger charge is 2.10. The summed E-state index contributed by atoms with van der Waals surface area (Å²) in [5.74, 6) is -0.388. The molecule has 0 radical (unpaired) electrons. The molecule has 0 aliphatic rings. The number of aromatic nitrogens is 1. The Morgan fingerprint density at radius 2 is 2.17 bits per heavy atom. The third kappa shape index (κ3) is 2.80. The van der Waals surface area contributed by atoms with Gasteiger partial charge in [0, 0.05) is 11.8 Å². The van der Waals surface area contributed by atoms with E-state index in [1.807, 2.05) is 0 Å². The molecule has 1 heterocycles. The fourth-order valence-electron chi connectivity index (χ4n) is 1.32. The number of carbonyl (C=O) groups excluding carboxylic acids is 1. The molecule has 0 aliphatic carbocycles. The van der Waals surface area contributed by atoms with Crippen LogP contribution in [0.15, 0.2) is 41.1 Å². The summed E-state index contributed by atoms with van der Waals surface area (Å²) in [5, 5.41) is 12.1. The van der Waals surface area contributed by atoms with Crippen LogP contribution in [0.2, 0.25) is 5.02 Å². The number of rotatable bonds is 2. The van der Waals surface area contributed by atoms with E-state index in [-0.39, 0.29) is 16.7 Å². The van der Waals surface area contributed by atoms with Crippen LogP contribution in [0.1, 0.15) is 10.4 Å². The van der Waals surface area contributed by atoms with Gasteiger partial charge in [-0.3, -0.25) is 4.79 Å². The van der Waals surface area contributed by atoms with Crippen LogP contribution in [-0.2, 0) is 0 Å². The van der Waals surface area contributed by atoms with Gasteiger partial charge in [-0.2, -0.15) is 0 Å². The van der Waals surface area contributed by atoms with Crippen molar-refractivity contribution in [1.82, 2.24) is 4.98 Å². The van der Waals surface area contributed by atoms with Crippen molar-refractivity contribution in [2.24, 2.45) is 0 Å².